The molecule has 5 nitrogen and oxygen atoms in total. The lowest BCUT2D eigenvalue weighted by molar-refractivity contribution is -0.129. The van der Waals surface area contributed by atoms with Gasteiger partial charge in [0, 0.05) is 22.1 Å². The van der Waals surface area contributed by atoms with Crippen molar-refractivity contribution in [3.63, 3.8) is 0 Å². The van der Waals surface area contributed by atoms with Crippen molar-refractivity contribution in [3.8, 4) is 5.75 Å². The molecule has 0 spiro atoms. The number of nitrogens with one attached hydrogen (secondary N) is 2. The monoisotopic (exact) mass is 382 g/mol. The van der Waals surface area contributed by atoms with Crippen LogP contribution in [0.2, 0.25) is 5.02 Å². The Morgan fingerprint density at radius 1 is 1.00 bits per heavy atom. The van der Waals surface area contributed by atoms with E-state index in [2.05, 4.69) is 10.9 Å². The number of thioether (sulfide) groups is 1. The Labute approximate surface area is 153 Å². The minimum absolute atomic E-state index is 0.242. The van der Waals surface area contributed by atoms with Crippen molar-refractivity contribution in [1.29, 1.82) is 0 Å². The van der Waals surface area contributed by atoms with E-state index < -0.39 is 5.91 Å². The molecule has 8 heteroatoms. The summed E-state index contributed by atoms with van der Waals surface area (Å²) in [5, 5.41) is 0.660. The van der Waals surface area contributed by atoms with Crippen molar-refractivity contribution in [1.82, 2.24) is 10.9 Å². The lowest BCUT2D eigenvalue weighted by atomic mass is 10.3. The average Bonchev–Trinajstić information content (AvgIpc) is 2.61. The number of rotatable bonds is 7. The molecule has 2 rings (SSSR count). The predicted molar refractivity (Wildman–Crippen MR) is 95.0 cm³/mol. The van der Waals surface area contributed by atoms with E-state index in [4.69, 9.17) is 16.3 Å². The number of benzene rings is 2. The normalized spacial score (nSPS) is 10.2. The summed E-state index contributed by atoms with van der Waals surface area (Å²) in [5.41, 5.74) is 4.57. The third kappa shape index (κ3) is 7.45. The lowest BCUT2D eigenvalue weighted by Crippen LogP contribution is -2.43. The molecule has 0 bridgehead atoms. The van der Waals surface area contributed by atoms with Crippen LogP contribution >= 0.6 is 23.4 Å². The Morgan fingerprint density at radius 3 is 2.32 bits per heavy atom. The van der Waals surface area contributed by atoms with Gasteiger partial charge in [-0.1, -0.05) is 11.6 Å². The highest BCUT2D eigenvalue weighted by molar-refractivity contribution is 7.99. The molecule has 0 unspecified atom stereocenters. The van der Waals surface area contributed by atoms with E-state index in [1.54, 1.807) is 12.1 Å². The maximum Gasteiger partial charge on any atom is 0.276 e. The zero-order chi connectivity index (χ0) is 18.1. The number of hydrazine groups is 1. The molecule has 2 aromatic rings. The highest BCUT2D eigenvalue weighted by Crippen LogP contribution is 2.20. The standard InChI is InChI=1S/C17H16ClFN2O3S/c18-12-1-7-15(8-2-12)25-10-9-16(22)20-21-17(23)11-24-14-5-3-13(19)4-6-14/h1-8H,9-11H2,(H,20,22)(H,21,23). The molecule has 0 saturated carbocycles. The molecule has 0 fully saturated rings. The predicted octanol–water partition coefficient (Wildman–Crippen LogP) is 3.19. The van der Waals surface area contributed by atoms with Crippen LogP contribution in [-0.4, -0.2) is 24.2 Å². The molecule has 0 saturated heterocycles. The summed E-state index contributed by atoms with van der Waals surface area (Å²) in [6, 6.07) is 12.6. The molecule has 132 valence electrons. The van der Waals surface area contributed by atoms with Crippen LogP contribution in [0.15, 0.2) is 53.4 Å². The third-order valence-corrected chi connectivity index (χ3v) is 4.20. The SMILES string of the molecule is O=C(CCSc1ccc(Cl)cc1)NNC(=O)COc1ccc(F)cc1. The quantitative estimate of drug-likeness (QED) is 0.570. The maximum atomic E-state index is 12.7. The van der Waals surface area contributed by atoms with E-state index in [9.17, 15) is 14.0 Å². The number of hydrogen-bond acceptors (Lipinski definition) is 4. The number of ether oxygens (including phenoxy) is 1. The second kappa shape index (κ2) is 9.90. The Hall–Kier alpha value is -2.25. The Balaban J connectivity index is 1.59. The maximum absolute atomic E-state index is 12.7. The molecule has 0 atom stereocenters. The first-order valence-electron chi connectivity index (χ1n) is 7.37. The molecule has 2 amide bonds. The largest absolute Gasteiger partial charge is 0.484 e. The van der Waals surface area contributed by atoms with Crippen molar-refractivity contribution in [2.45, 2.75) is 11.3 Å². The van der Waals surface area contributed by atoms with Crippen LogP contribution in [0.5, 0.6) is 5.75 Å². The van der Waals surface area contributed by atoms with Crippen LogP contribution in [0.3, 0.4) is 0 Å². The number of hydrogen-bond donors (Lipinski definition) is 2. The minimum Gasteiger partial charge on any atom is -0.484 e. The van der Waals surface area contributed by atoms with Crippen molar-refractivity contribution >= 4 is 35.2 Å². The van der Waals surface area contributed by atoms with Gasteiger partial charge >= 0.3 is 0 Å². The van der Waals surface area contributed by atoms with Crippen molar-refractivity contribution in [2.24, 2.45) is 0 Å². The number of amides is 2. The van der Waals surface area contributed by atoms with Gasteiger partial charge in [0.1, 0.15) is 11.6 Å². The highest BCUT2D eigenvalue weighted by atomic mass is 35.5. The van der Waals surface area contributed by atoms with E-state index in [0.29, 0.717) is 16.5 Å². The molecule has 0 aliphatic heterocycles. The number of carbonyl (C=O) groups excluding carboxylic acids is 2. The summed E-state index contributed by atoms with van der Waals surface area (Å²) in [6.45, 7) is -0.286. The average molecular weight is 383 g/mol. The first-order chi connectivity index (χ1) is 12.0. The van der Waals surface area contributed by atoms with Crippen molar-refractivity contribution in [3.05, 3.63) is 59.4 Å². The van der Waals surface area contributed by atoms with E-state index >= 15 is 0 Å². The van der Waals surface area contributed by atoms with Gasteiger partial charge in [0.15, 0.2) is 6.61 Å². The molecule has 0 heterocycles. The summed E-state index contributed by atoms with van der Waals surface area (Å²) >= 11 is 7.31. The zero-order valence-corrected chi connectivity index (χ0v) is 14.7. The molecular formula is C17H16ClFN2O3S. The van der Waals surface area contributed by atoms with Crippen LogP contribution in [0.4, 0.5) is 4.39 Å². The van der Waals surface area contributed by atoms with Crippen molar-refractivity contribution < 1.29 is 18.7 Å². The summed E-state index contributed by atoms with van der Waals surface area (Å²) in [6.07, 6.45) is 0.242. The summed E-state index contributed by atoms with van der Waals surface area (Å²) in [5.74, 6) is -0.280. The Bertz CT molecular complexity index is 711. The summed E-state index contributed by atoms with van der Waals surface area (Å²) in [4.78, 5) is 24.2. The van der Waals surface area contributed by atoms with Gasteiger partial charge in [0.05, 0.1) is 0 Å². The lowest BCUT2D eigenvalue weighted by Gasteiger charge is -2.09. The van der Waals surface area contributed by atoms with Crippen molar-refractivity contribution in [2.75, 3.05) is 12.4 Å². The van der Waals surface area contributed by atoms with Gasteiger partial charge in [-0.15, -0.1) is 11.8 Å². The van der Waals surface area contributed by atoms with E-state index in [-0.39, 0.29) is 24.8 Å². The summed E-state index contributed by atoms with van der Waals surface area (Å²) < 4.78 is 17.9. The minimum atomic E-state index is -0.511. The molecule has 25 heavy (non-hydrogen) atoms. The molecule has 0 radical (unpaired) electrons. The zero-order valence-electron chi connectivity index (χ0n) is 13.1. The van der Waals surface area contributed by atoms with E-state index in [0.717, 1.165) is 4.90 Å². The fourth-order valence-electron chi connectivity index (χ4n) is 1.71. The van der Waals surface area contributed by atoms with E-state index in [1.807, 2.05) is 12.1 Å². The van der Waals surface area contributed by atoms with Gasteiger partial charge in [0.2, 0.25) is 5.91 Å². The highest BCUT2D eigenvalue weighted by Gasteiger charge is 2.06. The van der Waals surface area contributed by atoms with Crippen LogP contribution in [0, 0.1) is 5.82 Å². The number of halogens is 2. The first kappa shape index (κ1) is 19.1. The third-order valence-electron chi connectivity index (χ3n) is 2.94. The van der Waals surface area contributed by atoms with E-state index in [1.165, 1.54) is 36.0 Å². The molecule has 2 N–H and O–H groups in total. The van der Waals surface area contributed by atoms with Gasteiger partial charge < -0.3 is 4.74 Å². The van der Waals surface area contributed by atoms with Gasteiger partial charge in [-0.05, 0) is 48.5 Å². The van der Waals surface area contributed by atoms with Crippen LogP contribution in [0.1, 0.15) is 6.42 Å². The molecule has 0 aliphatic carbocycles. The van der Waals surface area contributed by atoms with Gasteiger partial charge in [-0.3, -0.25) is 20.4 Å². The second-order valence-corrected chi connectivity index (χ2v) is 6.50. The van der Waals surface area contributed by atoms with Gasteiger partial charge in [-0.25, -0.2) is 4.39 Å². The Morgan fingerprint density at radius 2 is 1.64 bits per heavy atom. The fraction of sp³-hybridized carbons (Fsp3) is 0.176. The molecule has 2 aromatic carbocycles. The number of carbonyl (C=O) groups is 2. The Kier molecular flexibility index (Phi) is 7.56. The molecular weight excluding hydrogens is 367 g/mol. The van der Waals surface area contributed by atoms with Gasteiger partial charge in [-0.2, -0.15) is 0 Å². The topological polar surface area (TPSA) is 67.4 Å². The molecule has 0 aliphatic rings. The summed E-state index contributed by atoms with van der Waals surface area (Å²) in [7, 11) is 0. The molecule has 0 aromatic heterocycles. The van der Waals surface area contributed by atoms with Crippen LogP contribution < -0.4 is 15.6 Å². The second-order valence-electron chi connectivity index (χ2n) is 4.89. The van der Waals surface area contributed by atoms with Gasteiger partial charge in [0.25, 0.3) is 5.91 Å². The smallest absolute Gasteiger partial charge is 0.276 e. The fourth-order valence-corrected chi connectivity index (χ4v) is 2.69. The first-order valence-corrected chi connectivity index (χ1v) is 8.74. The van der Waals surface area contributed by atoms with Crippen LogP contribution in [-0.2, 0) is 9.59 Å². The van der Waals surface area contributed by atoms with Crippen LogP contribution in [0.25, 0.3) is 0 Å².